The molecule has 1 aliphatic heterocycles. The zero-order valence-corrected chi connectivity index (χ0v) is 13.6. The van der Waals surface area contributed by atoms with Crippen molar-refractivity contribution in [3.63, 3.8) is 0 Å². The molecular formula is C17H12BrNO4. The summed E-state index contributed by atoms with van der Waals surface area (Å²) in [5.74, 6) is 0.974. The van der Waals surface area contributed by atoms with Gasteiger partial charge < -0.3 is 19.2 Å². The number of para-hydroxylation sites is 1. The summed E-state index contributed by atoms with van der Waals surface area (Å²) in [4.78, 5) is 15.4. The molecule has 2 heterocycles. The van der Waals surface area contributed by atoms with E-state index in [1.807, 2.05) is 36.4 Å². The van der Waals surface area contributed by atoms with E-state index in [1.54, 1.807) is 6.20 Å². The van der Waals surface area contributed by atoms with E-state index in [4.69, 9.17) is 14.2 Å². The summed E-state index contributed by atoms with van der Waals surface area (Å²) in [6.07, 6.45) is 1.67. The van der Waals surface area contributed by atoms with Crippen LogP contribution in [0.5, 0.6) is 11.5 Å². The lowest BCUT2D eigenvalue weighted by Gasteiger charge is -2.07. The van der Waals surface area contributed by atoms with Crippen LogP contribution in [-0.4, -0.2) is 17.7 Å². The number of esters is 1. The molecule has 1 aliphatic rings. The molecular weight excluding hydrogens is 362 g/mol. The summed E-state index contributed by atoms with van der Waals surface area (Å²) in [5.41, 5.74) is 2.25. The Bertz CT molecular complexity index is 903. The van der Waals surface area contributed by atoms with Gasteiger partial charge in [-0.2, -0.15) is 0 Å². The minimum atomic E-state index is -0.369. The highest BCUT2D eigenvalue weighted by molar-refractivity contribution is 9.10. The number of fused-ring (bicyclic) bond motifs is 2. The normalized spacial score (nSPS) is 12.6. The van der Waals surface area contributed by atoms with Gasteiger partial charge in [0.2, 0.25) is 6.79 Å². The molecule has 0 bridgehead atoms. The predicted octanol–water partition coefficient (Wildman–Crippen LogP) is 4.02. The van der Waals surface area contributed by atoms with Crippen molar-refractivity contribution in [1.82, 2.24) is 4.98 Å². The van der Waals surface area contributed by atoms with Crippen molar-refractivity contribution in [2.45, 2.75) is 6.61 Å². The van der Waals surface area contributed by atoms with Crippen LogP contribution in [0.4, 0.5) is 0 Å². The highest BCUT2D eigenvalue weighted by Crippen LogP contribution is 2.37. The van der Waals surface area contributed by atoms with E-state index >= 15 is 0 Å². The van der Waals surface area contributed by atoms with Gasteiger partial charge in [-0.3, -0.25) is 0 Å². The van der Waals surface area contributed by atoms with Gasteiger partial charge in [0.15, 0.2) is 11.5 Å². The van der Waals surface area contributed by atoms with Crippen molar-refractivity contribution >= 4 is 32.8 Å². The van der Waals surface area contributed by atoms with Crippen molar-refractivity contribution in [2.75, 3.05) is 6.79 Å². The fraction of sp³-hybridized carbons (Fsp3) is 0.118. The van der Waals surface area contributed by atoms with Crippen LogP contribution in [0.15, 0.2) is 47.1 Å². The lowest BCUT2D eigenvalue weighted by Crippen LogP contribution is -2.05. The third kappa shape index (κ3) is 2.55. The smallest absolute Gasteiger partial charge is 0.340 e. The number of aromatic amines is 1. The lowest BCUT2D eigenvalue weighted by atomic mass is 10.2. The van der Waals surface area contributed by atoms with Crippen LogP contribution in [0.1, 0.15) is 15.9 Å². The van der Waals surface area contributed by atoms with Gasteiger partial charge in [0.25, 0.3) is 0 Å². The van der Waals surface area contributed by atoms with E-state index in [9.17, 15) is 4.79 Å². The summed E-state index contributed by atoms with van der Waals surface area (Å²) in [5, 5.41) is 0.849. The topological polar surface area (TPSA) is 60.6 Å². The van der Waals surface area contributed by atoms with Gasteiger partial charge in [-0.25, -0.2) is 4.79 Å². The highest BCUT2D eigenvalue weighted by atomic mass is 79.9. The molecule has 0 atom stereocenters. The summed E-state index contributed by atoms with van der Waals surface area (Å²) < 4.78 is 16.9. The minimum absolute atomic E-state index is 0.148. The SMILES string of the molecule is O=C(OCc1cc2c(cc1Br)OCO2)c1c[nH]c2ccccc12. The second kappa shape index (κ2) is 5.62. The summed E-state index contributed by atoms with van der Waals surface area (Å²) in [7, 11) is 0. The Kier molecular flexibility index (Phi) is 3.46. The number of rotatable bonds is 3. The molecule has 0 saturated heterocycles. The van der Waals surface area contributed by atoms with Gasteiger partial charge in [0.05, 0.1) is 5.56 Å². The molecule has 5 nitrogen and oxygen atoms in total. The first kappa shape index (κ1) is 14.1. The maximum Gasteiger partial charge on any atom is 0.340 e. The average Bonchev–Trinajstić information content (AvgIpc) is 3.18. The molecule has 0 amide bonds. The molecule has 0 aliphatic carbocycles. The molecule has 1 N–H and O–H groups in total. The van der Waals surface area contributed by atoms with Crippen LogP contribution in [0, 0.1) is 0 Å². The number of H-pyrrole nitrogens is 1. The maximum absolute atomic E-state index is 12.3. The van der Waals surface area contributed by atoms with E-state index in [-0.39, 0.29) is 19.4 Å². The number of halogens is 1. The molecule has 2 aromatic carbocycles. The summed E-state index contributed by atoms with van der Waals surface area (Å²) in [6.45, 7) is 0.357. The first-order valence-corrected chi connectivity index (χ1v) is 7.83. The zero-order chi connectivity index (χ0) is 15.8. The number of ether oxygens (including phenoxy) is 3. The number of hydrogen-bond donors (Lipinski definition) is 1. The molecule has 0 saturated carbocycles. The van der Waals surface area contributed by atoms with Gasteiger partial charge in [-0.1, -0.05) is 34.1 Å². The van der Waals surface area contributed by atoms with Gasteiger partial charge in [0.1, 0.15) is 6.61 Å². The predicted molar refractivity (Wildman–Crippen MR) is 87.7 cm³/mol. The number of nitrogens with one attached hydrogen (secondary N) is 1. The van der Waals surface area contributed by atoms with Crippen molar-refractivity contribution in [1.29, 1.82) is 0 Å². The van der Waals surface area contributed by atoms with E-state index in [0.717, 1.165) is 20.9 Å². The molecule has 0 unspecified atom stereocenters. The molecule has 23 heavy (non-hydrogen) atoms. The number of hydrogen-bond acceptors (Lipinski definition) is 4. The van der Waals surface area contributed by atoms with Crippen molar-refractivity contribution < 1.29 is 19.0 Å². The quantitative estimate of drug-likeness (QED) is 0.704. The largest absolute Gasteiger partial charge is 0.457 e. The summed E-state index contributed by atoms with van der Waals surface area (Å²) in [6, 6.07) is 11.2. The standard InChI is InChI=1S/C17H12BrNO4/c18-13-6-16-15(22-9-23-16)5-10(13)8-21-17(20)12-7-19-14-4-2-1-3-11(12)14/h1-7,19H,8-9H2. The fourth-order valence-corrected chi connectivity index (χ4v) is 2.97. The van der Waals surface area contributed by atoms with Crippen molar-refractivity contribution in [3.8, 4) is 11.5 Å². The first-order chi connectivity index (χ1) is 11.2. The second-order valence-electron chi connectivity index (χ2n) is 5.12. The number of carbonyl (C=O) groups excluding carboxylic acids is 1. The van der Waals surface area contributed by atoms with Gasteiger partial charge in [-0.15, -0.1) is 0 Å². The molecule has 3 aromatic rings. The Morgan fingerprint density at radius 2 is 2.00 bits per heavy atom. The Morgan fingerprint density at radius 3 is 2.87 bits per heavy atom. The molecule has 1 aromatic heterocycles. The van der Waals surface area contributed by atoms with Crippen LogP contribution < -0.4 is 9.47 Å². The van der Waals surface area contributed by atoms with Gasteiger partial charge >= 0.3 is 5.97 Å². The van der Waals surface area contributed by atoms with Crippen molar-refractivity contribution in [2.24, 2.45) is 0 Å². The molecule has 0 spiro atoms. The highest BCUT2D eigenvalue weighted by Gasteiger charge is 2.18. The van der Waals surface area contributed by atoms with Crippen LogP contribution in [-0.2, 0) is 11.3 Å². The monoisotopic (exact) mass is 373 g/mol. The zero-order valence-electron chi connectivity index (χ0n) is 12.0. The second-order valence-corrected chi connectivity index (χ2v) is 5.98. The number of aromatic nitrogens is 1. The first-order valence-electron chi connectivity index (χ1n) is 7.03. The lowest BCUT2D eigenvalue weighted by molar-refractivity contribution is 0.0474. The van der Waals surface area contributed by atoms with Crippen LogP contribution in [0.2, 0.25) is 0 Å². The molecule has 116 valence electrons. The average molecular weight is 374 g/mol. The fourth-order valence-electron chi connectivity index (χ4n) is 2.53. The minimum Gasteiger partial charge on any atom is -0.457 e. The number of carbonyl (C=O) groups is 1. The molecule has 6 heteroatoms. The van der Waals surface area contributed by atoms with Crippen LogP contribution >= 0.6 is 15.9 Å². The summed E-state index contributed by atoms with van der Waals surface area (Å²) >= 11 is 3.46. The van der Waals surface area contributed by atoms with E-state index < -0.39 is 0 Å². The number of benzene rings is 2. The Labute approximate surface area is 140 Å². The van der Waals surface area contributed by atoms with E-state index in [2.05, 4.69) is 20.9 Å². The molecule has 4 rings (SSSR count). The Hall–Kier alpha value is -2.47. The van der Waals surface area contributed by atoms with E-state index in [1.165, 1.54) is 0 Å². The molecule has 0 radical (unpaired) electrons. The van der Waals surface area contributed by atoms with Crippen LogP contribution in [0.25, 0.3) is 10.9 Å². The van der Waals surface area contributed by atoms with Gasteiger partial charge in [0, 0.05) is 27.1 Å². The maximum atomic E-state index is 12.3. The molecule has 0 fully saturated rings. The van der Waals surface area contributed by atoms with Crippen LogP contribution in [0.3, 0.4) is 0 Å². The Balaban J connectivity index is 1.54. The Morgan fingerprint density at radius 1 is 1.22 bits per heavy atom. The third-order valence-electron chi connectivity index (χ3n) is 3.71. The third-order valence-corrected chi connectivity index (χ3v) is 4.45. The van der Waals surface area contributed by atoms with E-state index in [0.29, 0.717) is 17.1 Å². The van der Waals surface area contributed by atoms with Crippen molar-refractivity contribution in [3.05, 3.63) is 58.2 Å². The van der Waals surface area contributed by atoms with Gasteiger partial charge in [-0.05, 0) is 18.2 Å².